The van der Waals surface area contributed by atoms with Crippen LogP contribution in [-0.2, 0) is 13.0 Å². The third kappa shape index (κ3) is 2.78. The highest BCUT2D eigenvalue weighted by Gasteiger charge is 2.16. The molecule has 0 bridgehead atoms. The van der Waals surface area contributed by atoms with Crippen molar-refractivity contribution >= 4 is 27.5 Å². The normalized spacial score (nSPS) is 14.1. The van der Waals surface area contributed by atoms with E-state index in [9.17, 15) is 0 Å². The van der Waals surface area contributed by atoms with Crippen LogP contribution in [0.4, 0.5) is 0 Å². The summed E-state index contributed by atoms with van der Waals surface area (Å²) in [5, 5.41) is 3.29. The highest BCUT2D eigenvalue weighted by Crippen LogP contribution is 2.32. The zero-order valence-electron chi connectivity index (χ0n) is 8.80. The molecule has 0 saturated heterocycles. The summed E-state index contributed by atoms with van der Waals surface area (Å²) in [6.07, 6.45) is 2.88. The van der Waals surface area contributed by atoms with Crippen LogP contribution in [0.5, 0.6) is 5.75 Å². The van der Waals surface area contributed by atoms with Crippen molar-refractivity contribution in [1.82, 2.24) is 5.32 Å². The van der Waals surface area contributed by atoms with Gasteiger partial charge >= 0.3 is 0 Å². The van der Waals surface area contributed by atoms with Gasteiger partial charge in [0.2, 0.25) is 0 Å². The molecule has 0 radical (unpaired) electrons. The topological polar surface area (TPSA) is 21.3 Å². The number of halogens is 2. The van der Waals surface area contributed by atoms with Crippen LogP contribution in [0.15, 0.2) is 28.2 Å². The van der Waals surface area contributed by atoms with E-state index in [1.807, 2.05) is 6.08 Å². The fourth-order valence-corrected chi connectivity index (χ4v) is 2.45. The van der Waals surface area contributed by atoms with Crippen molar-refractivity contribution in [3.05, 3.63) is 39.3 Å². The highest BCUT2D eigenvalue weighted by atomic mass is 79.9. The Morgan fingerprint density at radius 1 is 1.50 bits per heavy atom. The van der Waals surface area contributed by atoms with E-state index in [0.29, 0.717) is 0 Å². The minimum Gasteiger partial charge on any atom is -0.493 e. The van der Waals surface area contributed by atoms with Crippen LogP contribution >= 0.6 is 27.5 Å². The number of nitrogens with one attached hydrogen (secondary N) is 1. The number of rotatable bonds is 4. The summed E-state index contributed by atoms with van der Waals surface area (Å²) in [5.74, 6) is 1.05. The molecular formula is C12H13BrClNO. The number of fused-ring (bicyclic) bond motifs is 1. The lowest BCUT2D eigenvalue weighted by Gasteiger charge is -2.09. The molecule has 1 aliphatic rings. The number of ether oxygens (including phenoxy) is 1. The number of benzene rings is 1. The predicted molar refractivity (Wildman–Crippen MR) is 70.0 cm³/mol. The van der Waals surface area contributed by atoms with Crippen LogP contribution in [-0.4, -0.2) is 13.2 Å². The fourth-order valence-electron chi connectivity index (χ4n) is 1.81. The number of hydrogen-bond donors (Lipinski definition) is 1. The maximum absolute atomic E-state index is 5.64. The Morgan fingerprint density at radius 3 is 3.19 bits per heavy atom. The summed E-state index contributed by atoms with van der Waals surface area (Å²) < 4.78 is 6.75. The van der Waals surface area contributed by atoms with Crippen LogP contribution in [0.25, 0.3) is 0 Å². The van der Waals surface area contributed by atoms with Gasteiger partial charge in [-0.2, -0.15) is 0 Å². The first kappa shape index (κ1) is 12.0. The molecule has 0 spiro atoms. The average Bonchev–Trinajstić information content (AvgIpc) is 2.72. The van der Waals surface area contributed by atoms with E-state index in [1.54, 1.807) is 0 Å². The zero-order valence-corrected chi connectivity index (χ0v) is 11.1. The smallest absolute Gasteiger partial charge is 0.127 e. The van der Waals surface area contributed by atoms with E-state index >= 15 is 0 Å². The third-order valence-electron chi connectivity index (χ3n) is 2.49. The van der Waals surface area contributed by atoms with Crippen molar-refractivity contribution in [2.75, 3.05) is 13.2 Å². The first-order chi connectivity index (χ1) is 7.81. The highest BCUT2D eigenvalue weighted by molar-refractivity contribution is 9.10. The molecule has 1 heterocycles. The van der Waals surface area contributed by atoms with Crippen LogP contribution < -0.4 is 10.1 Å². The summed E-state index contributed by atoms with van der Waals surface area (Å²) in [6.45, 7) is 2.36. The Balaban J connectivity index is 2.08. The summed E-state index contributed by atoms with van der Waals surface area (Å²) in [4.78, 5) is 0. The Labute approximate surface area is 109 Å². The lowest BCUT2D eigenvalue weighted by Crippen LogP contribution is -2.13. The lowest BCUT2D eigenvalue weighted by molar-refractivity contribution is 0.352. The largest absolute Gasteiger partial charge is 0.493 e. The van der Waals surface area contributed by atoms with Crippen molar-refractivity contribution in [3.8, 4) is 5.75 Å². The molecule has 0 atom stereocenters. The molecule has 86 valence electrons. The Bertz CT molecular complexity index is 406. The molecule has 0 saturated carbocycles. The fraction of sp³-hybridized carbons (Fsp3) is 0.333. The van der Waals surface area contributed by atoms with Gasteiger partial charge in [0.15, 0.2) is 0 Å². The van der Waals surface area contributed by atoms with Crippen LogP contribution in [0.2, 0.25) is 0 Å². The average molecular weight is 303 g/mol. The molecule has 1 aromatic rings. The molecule has 0 aliphatic carbocycles. The zero-order chi connectivity index (χ0) is 11.4. The van der Waals surface area contributed by atoms with Crippen LogP contribution in [0.1, 0.15) is 11.1 Å². The molecule has 2 nitrogen and oxygen atoms in total. The second-order valence-corrected chi connectivity index (χ2v) is 4.81. The SMILES string of the molecule is Cl/C=C/CNCc1cc(Br)cc2c1OCC2. The molecule has 0 amide bonds. The lowest BCUT2D eigenvalue weighted by atomic mass is 10.1. The quantitative estimate of drug-likeness (QED) is 0.862. The maximum atomic E-state index is 5.64. The molecule has 4 heteroatoms. The Kier molecular flexibility index (Phi) is 4.27. The molecule has 1 N–H and O–H groups in total. The van der Waals surface area contributed by atoms with Crippen molar-refractivity contribution in [3.63, 3.8) is 0 Å². The molecule has 1 aromatic carbocycles. The molecule has 0 unspecified atom stereocenters. The summed E-state index contributed by atoms with van der Waals surface area (Å²) in [5.41, 5.74) is 4.01. The van der Waals surface area contributed by atoms with E-state index in [4.69, 9.17) is 16.3 Å². The molecule has 1 aliphatic heterocycles. The van der Waals surface area contributed by atoms with E-state index in [0.717, 1.165) is 36.3 Å². The second-order valence-electron chi connectivity index (χ2n) is 3.64. The summed E-state index contributed by atoms with van der Waals surface area (Å²) >= 11 is 8.97. The van der Waals surface area contributed by atoms with Gasteiger partial charge < -0.3 is 10.1 Å². The Morgan fingerprint density at radius 2 is 2.38 bits per heavy atom. The summed E-state index contributed by atoms with van der Waals surface area (Å²) in [6, 6.07) is 4.23. The first-order valence-corrected chi connectivity index (χ1v) is 6.44. The molecule has 0 aromatic heterocycles. The van der Waals surface area contributed by atoms with Gasteiger partial charge in [-0.3, -0.25) is 0 Å². The minimum atomic E-state index is 0.769. The monoisotopic (exact) mass is 301 g/mol. The second kappa shape index (κ2) is 5.71. The van der Waals surface area contributed by atoms with Gasteiger partial charge in [0.25, 0.3) is 0 Å². The van der Waals surface area contributed by atoms with Crippen LogP contribution in [0.3, 0.4) is 0 Å². The first-order valence-electron chi connectivity index (χ1n) is 5.21. The van der Waals surface area contributed by atoms with Gasteiger partial charge in [-0.15, -0.1) is 0 Å². The van der Waals surface area contributed by atoms with Gasteiger partial charge in [0.05, 0.1) is 6.61 Å². The van der Waals surface area contributed by atoms with Gasteiger partial charge in [0, 0.05) is 35.1 Å². The van der Waals surface area contributed by atoms with E-state index in [-0.39, 0.29) is 0 Å². The van der Waals surface area contributed by atoms with Crippen molar-refractivity contribution in [2.24, 2.45) is 0 Å². The van der Waals surface area contributed by atoms with Crippen molar-refractivity contribution in [2.45, 2.75) is 13.0 Å². The van der Waals surface area contributed by atoms with Gasteiger partial charge in [-0.05, 0) is 17.7 Å². The molecule has 16 heavy (non-hydrogen) atoms. The summed E-state index contributed by atoms with van der Waals surface area (Å²) in [7, 11) is 0. The van der Waals surface area contributed by atoms with Crippen molar-refractivity contribution in [1.29, 1.82) is 0 Å². The number of hydrogen-bond acceptors (Lipinski definition) is 2. The van der Waals surface area contributed by atoms with E-state index in [1.165, 1.54) is 16.7 Å². The van der Waals surface area contributed by atoms with E-state index < -0.39 is 0 Å². The molecule has 0 fully saturated rings. The van der Waals surface area contributed by atoms with Gasteiger partial charge in [-0.25, -0.2) is 0 Å². The van der Waals surface area contributed by atoms with Gasteiger partial charge in [0.1, 0.15) is 5.75 Å². The van der Waals surface area contributed by atoms with Crippen molar-refractivity contribution < 1.29 is 4.74 Å². The maximum Gasteiger partial charge on any atom is 0.127 e. The standard InChI is InChI=1S/C12H13BrClNO/c13-11-6-9-2-5-16-12(9)10(7-11)8-15-4-1-3-14/h1,3,6-7,15H,2,4-5,8H2/b3-1+. The predicted octanol–water partition coefficient (Wildman–Crippen LogP) is 3.23. The molecular weight excluding hydrogens is 289 g/mol. The Hall–Kier alpha value is -0.510. The molecule has 2 rings (SSSR count). The third-order valence-corrected chi connectivity index (χ3v) is 3.13. The van der Waals surface area contributed by atoms with Crippen LogP contribution in [0, 0.1) is 0 Å². The minimum absolute atomic E-state index is 0.769. The van der Waals surface area contributed by atoms with Gasteiger partial charge in [-0.1, -0.05) is 33.6 Å². The van der Waals surface area contributed by atoms with E-state index in [2.05, 4.69) is 33.4 Å².